The van der Waals surface area contributed by atoms with Gasteiger partial charge in [0, 0.05) is 18.6 Å². The van der Waals surface area contributed by atoms with Crippen molar-refractivity contribution < 1.29 is 18.6 Å². The number of aliphatic hydroxyl groups is 1. The van der Waals surface area contributed by atoms with Gasteiger partial charge in [0.25, 0.3) is 0 Å². The largest absolute Gasteiger partial charge is 0.390 e. The first kappa shape index (κ1) is 12.1. The van der Waals surface area contributed by atoms with Crippen LogP contribution in [0.15, 0.2) is 18.2 Å². The van der Waals surface area contributed by atoms with Crippen LogP contribution >= 0.6 is 0 Å². The fourth-order valence-corrected chi connectivity index (χ4v) is 1.28. The molecule has 1 unspecified atom stereocenters. The SMILES string of the molecule is CCOCC(O)Cc1c(F)cccc1F. The van der Waals surface area contributed by atoms with Crippen molar-refractivity contribution in [2.45, 2.75) is 19.4 Å². The number of halogens is 2. The molecule has 0 heterocycles. The second-order valence-electron chi connectivity index (χ2n) is 3.22. The van der Waals surface area contributed by atoms with Gasteiger partial charge >= 0.3 is 0 Å². The van der Waals surface area contributed by atoms with E-state index in [0.717, 1.165) is 0 Å². The van der Waals surface area contributed by atoms with E-state index in [1.807, 2.05) is 0 Å². The highest BCUT2D eigenvalue weighted by atomic mass is 19.1. The quantitative estimate of drug-likeness (QED) is 0.814. The average Bonchev–Trinajstić information content (AvgIpc) is 2.21. The Hall–Kier alpha value is -1.00. The molecule has 0 bridgehead atoms. The number of benzene rings is 1. The predicted molar refractivity (Wildman–Crippen MR) is 52.6 cm³/mol. The molecule has 1 atom stereocenters. The molecule has 2 nitrogen and oxygen atoms in total. The molecule has 0 saturated heterocycles. The van der Waals surface area contributed by atoms with E-state index >= 15 is 0 Å². The van der Waals surface area contributed by atoms with Crippen LogP contribution in [-0.2, 0) is 11.2 Å². The van der Waals surface area contributed by atoms with E-state index < -0.39 is 17.7 Å². The zero-order valence-corrected chi connectivity index (χ0v) is 8.54. The second-order valence-corrected chi connectivity index (χ2v) is 3.22. The Morgan fingerprint density at radius 3 is 2.47 bits per heavy atom. The smallest absolute Gasteiger partial charge is 0.129 e. The van der Waals surface area contributed by atoms with Crippen molar-refractivity contribution in [3.8, 4) is 0 Å². The van der Waals surface area contributed by atoms with Gasteiger partial charge in [-0.3, -0.25) is 0 Å². The highest BCUT2D eigenvalue weighted by molar-refractivity contribution is 5.20. The fourth-order valence-electron chi connectivity index (χ4n) is 1.28. The van der Waals surface area contributed by atoms with Gasteiger partial charge in [-0.2, -0.15) is 0 Å². The summed E-state index contributed by atoms with van der Waals surface area (Å²) in [5.41, 5.74) is -0.0929. The van der Waals surface area contributed by atoms with Crippen molar-refractivity contribution in [2.75, 3.05) is 13.2 Å². The van der Waals surface area contributed by atoms with Gasteiger partial charge in [0.05, 0.1) is 12.7 Å². The molecule has 0 aliphatic carbocycles. The summed E-state index contributed by atoms with van der Waals surface area (Å²) in [6.07, 6.45) is -0.949. The van der Waals surface area contributed by atoms with Crippen LogP contribution in [0.2, 0.25) is 0 Å². The van der Waals surface area contributed by atoms with Crippen LogP contribution in [0.25, 0.3) is 0 Å². The van der Waals surface area contributed by atoms with Crippen LogP contribution < -0.4 is 0 Å². The number of ether oxygens (including phenoxy) is 1. The normalized spacial score (nSPS) is 12.8. The molecule has 0 radical (unpaired) electrons. The summed E-state index contributed by atoms with van der Waals surface area (Å²) < 4.78 is 31.2. The van der Waals surface area contributed by atoms with Crippen LogP contribution in [0.1, 0.15) is 12.5 Å². The first-order valence-corrected chi connectivity index (χ1v) is 4.83. The molecule has 84 valence electrons. The molecule has 1 N–H and O–H groups in total. The molecule has 0 amide bonds. The zero-order chi connectivity index (χ0) is 11.3. The van der Waals surface area contributed by atoms with Gasteiger partial charge in [-0.15, -0.1) is 0 Å². The molecule has 0 fully saturated rings. The lowest BCUT2D eigenvalue weighted by Gasteiger charge is -2.11. The standard InChI is InChI=1S/C11H14F2O2/c1-2-15-7-8(14)6-9-10(12)4-3-5-11(9)13/h3-5,8,14H,2,6-7H2,1H3. The monoisotopic (exact) mass is 216 g/mol. The Labute approximate surface area is 87.5 Å². The van der Waals surface area contributed by atoms with E-state index in [9.17, 15) is 13.9 Å². The van der Waals surface area contributed by atoms with Crippen LogP contribution in [-0.4, -0.2) is 24.4 Å². The number of hydrogen-bond donors (Lipinski definition) is 1. The van der Waals surface area contributed by atoms with E-state index in [0.29, 0.717) is 6.61 Å². The Balaban J connectivity index is 2.63. The highest BCUT2D eigenvalue weighted by Crippen LogP contribution is 2.14. The summed E-state index contributed by atoms with van der Waals surface area (Å²) in [6.45, 7) is 2.34. The van der Waals surface area contributed by atoms with Crippen LogP contribution in [0, 0.1) is 11.6 Å². The van der Waals surface area contributed by atoms with Crippen molar-refractivity contribution in [1.29, 1.82) is 0 Å². The van der Waals surface area contributed by atoms with Gasteiger partial charge in [0.2, 0.25) is 0 Å². The van der Waals surface area contributed by atoms with Crippen LogP contribution in [0.4, 0.5) is 8.78 Å². The molecular weight excluding hydrogens is 202 g/mol. The van der Waals surface area contributed by atoms with Crippen LogP contribution in [0.5, 0.6) is 0 Å². The number of rotatable bonds is 5. The second kappa shape index (κ2) is 5.78. The zero-order valence-electron chi connectivity index (χ0n) is 8.54. The molecule has 1 aromatic carbocycles. The average molecular weight is 216 g/mol. The number of hydrogen-bond acceptors (Lipinski definition) is 2. The lowest BCUT2D eigenvalue weighted by atomic mass is 10.1. The minimum absolute atomic E-state index is 0.0709. The minimum atomic E-state index is -0.878. The van der Waals surface area contributed by atoms with Crippen molar-refractivity contribution in [3.63, 3.8) is 0 Å². The summed E-state index contributed by atoms with van der Waals surface area (Å²) in [4.78, 5) is 0. The Kier molecular flexibility index (Phi) is 4.65. The van der Waals surface area contributed by atoms with Crippen LogP contribution in [0.3, 0.4) is 0 Å². The van der Waals surface area contributed by atoms with E-state index in [-0.39, 0.29) is 18.6 Å². The fraction of sp³-hybridized carbons (Fsp3) is 0.455. The van der Waals surface area contributed by atoms with Crippen molar-refractivity contribution >= 4 is 0 Å². The molecule has 1 aromatic rings. The number of aliphatic hydroxyl groups excluding tert-OH is 1. The summed E-state index contributed by atoms with van der Waals surface area (Å²) in [7, 11) is 0. The molecule has 0 aliphatic rings. The maximum absolute atomic E-state index is 13.1. The molecule has 4 heteroatoms. The first-order chi connectivity index (χ1) is 7.15. The molecule has 0 saturated carbocycles. The third kappa shape index (κ3) is 3.57. The molecule has 0 aromatic heterocycles. The van der Waals surface area contributed by atoms with Gasteiger partial charge in [-0.05, 0) is 19.1 Å². The first-order valence-electron chi connectivity index (χ1n) is 4.83. The van der Waals surface area contributed by atoms with E-state index in [2.05, 4.69) is 0 Å². The molecule has 0 aliphatic heterocycles. The van der Waals surface area contributed by atoms with Crippen molar-refractivity contribution in [2.24, 2.45) is 0 Å². The maximum atomic E-state index is 13.1. The van der Waals surface area contributed by atoms with Gasteiger partial charge in [0.15, 0.2) is 0 Å². The molecule has 1 rings (SSSR count). The molecule has 0 spiro atoms. The van der Waals surface area contributed by atoms with Gasteiger partial charge in [-0.25, -0.2) is 8.78 Å². The summed E-state index contributed by atoms with van der Waals surface area (Å²) in [5, 5.41) is 9.42. The highest BCUT2D eigenvalue weighted by Gasteiger charge is 2.13. The molecular formula is C11H14F2O2. The van der Waals surface area contributed by atoms with E-state index in [1.54, 1.807) is 6.92 Å². The van der Waals surface area contributed by atoms with Crippen molar-refractivity contribution in [3.05, 3.63) is 35.4 Å². The van der Waals surface area contributed by atoms with Gasteiger partial charge in [-0.1, -0.05) is 6.07 Å². The summed E-state index contributed by atoms with van der Waals surface area (Å²) >= 11 is 0. The van der Waals surface area contributed by atoms with E-state index in [1.165, 1.54) is 18.2 Å². The maximum Gasteiger partial charge on any atom is 0.129 e. The lowest BCUT2D eigenvalue weighted by Crippen LogP contribution is -2.19. The lowest BCUT2D eigenvalue weighted by molar-refractivity contribution is 0.0421. The Morgan fingerprint density at radius 2 is 1.93 bits per heavy atom. The Morgan fingerprint density at radius 1 is 1.33 bits per heavy atom. The third-order valence-corrected chi connectivity index (χ3v) is 2.02. The predicted octanol–water partition coefficient (Wildman–Crippen LogP) is 1.90. The third-order valence-electron chi connectivity index (χ3n) is 2.02. The van der Waals surface area contributed by atoms with Crippen molar-refractivity contribution in [1.82, 2.24) is 0 Å². The Bertz CT molecular complexity index is 295. The molecule has 15 heavy (non-hydrogen) atoms. The summed E-state index contributed by atoms with van der Waals surface area (Å²) in [5.74, 6) is -1.27. The van der Waals surface area contributed by atoms with Gasteiger partial charge < -0.3 is 9.84 Å². The minimum Gasteiger partial charge on any atom is -0.390 e. The topological polar surface area (TPSA) is 29.5 Å². The van der Waals surface area contributed by atoms with E-state index in [4.69, 9.17) is 4.74 Å². The van der Waals surface area contributed by atoms with Gasteiger partial charge in [0.1, 0.15) is 11.6 Å². The summed E-state index contributed by atoms with van der Waals surface area (Å²) in [6, 6.07) is 3.64.